The molecule has 0 saturated carbocycles. The van der Waals surface area contributed by atoms with Crippen LogP contribution in [0.1, 0.15) is 5.56 Å². The lowest BCUT2D eigenvalue weighted by molar-refractivity contribution is -0.116. The number of sulfonamides is 1. The van der Waals surface area contributed by atoms with E-state index in [0.29, 0.717) is 44.3 Å². The number of nitrogens with one attached hydrogen (secondary N) is 1. The first kappa shape index (κ1) is 22.8. The summed E-state index contributed by atoms with van der Waals surface area (Å²) in [5, 5.41) is 2.73. The Morgan fingerprint density at radius 1 is 1.13 bits per heavy atom. The van der Waals surface area contributed by atoms with Crippen LogP contribution in [-0.4, -0.2) is 65.2 Å². The fraction of sp³-hybridized carbons (Fsp3) is 0.318. The molecule has 1 amide bonds. The zero-order valence-corrected chi connectivity index (χ0v) is 18.1. The Hall–Kier alpha value is -2.88. The van der Waals surface area contributed by atoms with E-state index in [9.17, 15) is 13.2 Å². The minimum atomic E-state index is -3.53. The summed E-state index contributed by atoms with van der Waals surface area (Å²) in [5.41, 5.74) is 0.809. The molecule has 0 bridgehead atoms. The van der Waals surface area contributed by atoms with Gasteiger partial charge in [-0.2, -0.15) is 4.31 Å². The van der Waals surface area contributed by atoms with E-state index in [-0.39, 0.29) is 17.4 Å². The molecule has 2 aromatic rings. The van der Waals surface area contributed by atoms with Gasteiger partial charge in [0.05, 0.1) is 31.8 Å². The molecule has 0 spiro atoms. The van der Waals surface area contributed by atoms with Crippen LogP contribution in [0, 0.1) is 0 Å². The predicted octanol–water partition coefficient (Wildman–Crippen LogP) is 1.92. The Bertz CT molecular complexity index is 999. The van der Waals surface area contributed by atoms with Gasteiger partial charge in [0.15, 0.2) is 0 Å². The first-order valence-corrected chi connectivity index (χ1v) is 11.3. The lowest BCUT2D eigenvalue weighted by Crippen LogP contribution is -2.40. The molecule has 8 nitrogen and oxygen atoms in total. The van der Waals surface area contributed by atoms with Crippen LogP contribution in [-0.2, 0) is 19.6 Å². The second-order valence-corrected chi connectivity index (χ2v) is 8.64. The van der Waals surface area contributed by atoms with Crippen molar-refractivity contribution in [1.82, 2.24) is 9.62 Å². The Morgan fingerprint density at radius 3 is 2.55 bits per heavy atom. The zero-order valence-electron chi connectivity index (χ0n) is 17.3. The fourth-order valence-electron chi connectivity index (χ4n) is 3.02. The summed E-state index contributed by atoms with van der Waals surface area (Å²) in [6.45, 7) is 2.07. The van der Waals surface area contributed by atoms with E-state index >= 15 is 0 Å². The quantitative estimate of drug-likeness (QED) is 0.467. The van der Waals surface area contributed by atoms with E-state index in [0.717, 1.165) is 5.56 Å². The SMILES string of the molecule is COc1ccccc1/C=C/C(=O)NCCOc1ccc(S(=O)(=O)N2CCOCC2)cc1. The minimum absolute atomic E-state index is 0.219. The van der Waals surface area contributed by atoms with Crippen LogP contribution in [0.3, 0.4) is 0 Å². The van der Waals surface area contributed by atoms with Crippen molar-refractivity contribution in [1.29, 1.82) is 0 Å². The van der Waals surface area contributed by atoms with Crippen LogP contribution in [0.15, 0.2) is 59.5 Å². The van der Waals surface area contributed by atoms with Gasteiger partial charge >= 0.3 is 0 Å². The molecule has 1 fully saturated rings. The lowest BCUT2D eigenvalue weighted by Gasteiger charge is -2.26. The molecule has 0 aliphatic carbocycles. The number of methoxy groups -OCH3 is 1. The number of carbonyl (C=O) groups excluding carboxylic acids is 1. The van der Waals surface area contributed by atoms with Crippen LogP contribution < -0.4 is 14.8 Å². The van der Waals surface area contributed by atoms with Gasteiger partial charge in [0, 0.05) is 24.7 Å². The van der Waals surface area contributed by atoms with Gasteiger partial charge in [-0.15, -0.1) is 0 Å². The third-order valence-corrected chi connectivity index (χ3v) is 6.57. The largest absolute Gasteiger partial charge is 0.496 e. The molecule has 1 heterocycles. The van der Waals surface area contributed by atoms with Crippen molar-refractivity contribution in [2.45, 2.75) is 4.90 Å². The van der Waals surface area contributed by atoms with Crippen LogP contribution in [0.2, 0.25) is 0 Å². The Balaban J connectivity index is 1.44. The summed E-state index contributed by atoms with van der Waals surface area (Å²) in [6.07, 6.45) is 3.12. The number of morpholine rings is 1. The van der Waals surface area contributed by atoms with Crippen molar-refractivity contribution in [3.8, 4) is 11.5 Å². The third kappa shape index (κ3) is 6.30. The highest BCUT2D eigenvalue weighted by Gasteiger charge is 2.26. The molecule has 0 atom stereocenters. The summed E-state index contributed by atoms with van der Waals surface area (Å²) in [5.74, 6) is 0.968. The number of nitrogens with zero attached hydrogens (tertiary/aromatic N) is 1. The Labute approximate surface area is 182 Å². The molecule has 0 radical (unpaired) electrons. The molecular formula is C22H26N2O6S. The lowest BCUT2D eigenvalue weighted by atomic mass is 10.2. The number of hydrogen-bond acceptors (Lipinski definition) is 6. The van der Waals surface area contributed by atoms with E-state index in [2.05, 4.69) is 5.32 Å². The highest BCUT2D eigenvalue weighted by molar-refractivity contribution is 7.89. The number of ether oxygens (including phenoxy) is 3. The maximum atomic E-state index is 12.6. The molecule has 1 aliphatic rings. The monoisotopic (exact) mass is 446 g/mol. The Morgan fingerprint density at radius 2 is 1.84 bits per heavy atom. The van der Waals surface area contributed by atoms with Gasteiger partial charge in [0.2, 0.25) is 15.9 Å². The normalized spacial score (nSPS) is 15.0. The number of para-hydroxylation sites is 1. The van der Waals surface area contributed by atoms with Gasteiger partial charge in [-0.3, -0.25) is 4.79 Å². The summed E-state index contributed by atoms with van der Waals surface area (Å²) in [7, 11) is -1.95. The molecule has 9 heteroatoms. The number of carbonyl (C=O) groups is 1. The van der Waals surface area contributed by atoms with Gasteiger partial charge in [-0.05, 0) is 36.4 Å². The third-order valence-electron chi connectivity index (χ3n) is 4.65. The summed E-state index contributed by atoms with van der Waals surface area (Å²) >= 11 is 0. The minimum Gasteiger partial charge on any atom is -0.496 e. The summed E-state index contributed by atoms with van der Waals surface area (Å²) < 4.78 is 42.7. The highest BCUT2D eigenvalue weighted by Crippen LogP contribution is 2.20. The molecule has 1 saturated heterocycles. The average molecular weight is 447 g/mol. The first-order chi connectivity index (χ1) is 15.0. The number of rotatable bonds is 9. The second kappa shape index (κ2) is 10.9. The second-order valence-electron chi connectivity index (χ2n) is 6.70. The highest BCUT2D eigenvalue weighted by atomic mass is 32.2. The molecule has 0 unspecified atom stereocenters. The number of benzene rings is 2. The van der Waals surface area contributed by atoms with Gasteiger partial charge in [0.25, 0.3) is 0 Å². The van der Waals surface area contributed by atoms with Gasteiger partial charge < -0.3 is 19.5 Å². The van der Waals surface area contributed by atoms with E-state index in [1.807, 2.05) is 24.3 Å². The number of hydrogen-bond donors (Lipinski definition) is 1. The smallest absolute Gasteiger partial charge is 0.244 e. The first-order valence-electron chi connectivity index (χ1n) is 9.90. The van der Waals surface area contributed by atoms with Crippen LogP contribution in [0.5, 0.6) is 11.5 Å². The molecular weight excluding hydrogens is 420 g/mol. The maximum Gasteiger partial charge on any atom is 0.244 e. The standard InChI is InChI=1S/C22H26N2O6S/c1-28-21-5-3-2-4-18(21)6-11-22(25)23-12-15-30-19-7-9-20(10-8-19)31(26,27)24-13-16-29-17-14-24/h2-11H,12-17H2,1H3,(H,23,25)/b11-6+. The Kier molecular flexibility index (Phi) is 8.05. The molecule has 31 heavy (non-hydrogen) atoms. The average Bonchev–Trinajstić information content (AvgIpc) is 2.81. The van der Waals surface area contributed by atoms with E-state index < -0.39 is 10.0 Å². The molecule has 3 rings (SSSR count). The molecule has 166 valence electrons. The molecule has 1 aliphatic heterocycles. The van der Waals surface area contributed by atoms with Crippen LogP contribution in [0.25, 0.3) is 6.08 Å². The van der Waals surface area contributed by atoms with Crippen LogP contribution in [0.4, 0.5) is 0 Å². The van der Waals surface area contributed by atoms with Crippen molar-refractivity contribution >= 4 is 22.0 Å². The molecule has 2 aromatic carbocycles. The molecule has 0 aromatic heterocycles. The van der Waals surface area contributed by atoms with Crippen molar-refractivity contribution in [3.05, 3.63) is 60.2 Å². The molecule has 1 N–H and O–H groups in total. The number of amides is 1. The topological polar surface area (TPSA) is 94.2 Å². The van der Waals surface area contributed by atoms with Crippen molar-refractivity contribution in [3.63, 3.8) is 0 Å². The zero-order chi connectivity index (χ0) is 22.1. The van der Waals surface area contributed by atoms with Gasteiger partial charge in [-0.1, -0.05) is 18.2 Å². The van der Waals surface area contributed by atoms with E-state index in [1.54, 1.807) is 25.3 Å². The fourth-order valence-corrected chi connectivity index (χ4v) is 4.42. The van der Waals surface area contributed by atoms with Crippen LogP contribution >= 0.6 is 0 Å². The van der Waals surface area contributed by atoms with E-state index in [4.69, 9.17) is 14.2 Å². The predicted molar refractivity (Wildman–Crippen MR) is 117 cm³/mol. The summed E-state index contributed by atoms with van der Waals surface area (Å²) in [4.78, 5) is 12.2. The van der Waals surface area contributed by atoms with Gasteiger partial charge in [-0.25, -0.2) is 8.42 Å². The maximum absolute atomic E-state index is 12.6. The van der Waals surface area contributed by atoms with E-state index in [1.165, 1.54) is 22.5 Å². The summed E-state index contributed by atoms with van der Waals surface area (Å²) in [6, 6.07) is 13.7. The van der Waals surface area contributed by atoms with Crippen molar-refractivity contribution < 1.29 is 27.4 Å². The van der Waals surface area contributed by atoms with Crippen molar-refractivity contribution in [2.24, 2.45) is 0 Å². The van der Waals surface area contributed by atoms with Gasteiger partial charge in [0.1, 0.15) is 18.1 Å². The van der Waals surface area contributed by atoms with Crippen molar-refractivity contribution in [2.75, 3.05) is 46.6 Å².